The molecule has 0 radical (unpaired) electrons. The summed E-state index contributed by atoms with van der Waals surface area (Å²) in [5, 5.41) is 9.51. The highest BCUT2D eigenvalue weighted by Gasteiger charge is 2.10. The van der Waals surface area contributed by atoms with Crippen LogP contribution in [0.1, 0.15) is 11.1 Å². The van der Waals surface area contributed by atoms with Crippen LogP contribution in [0.4, 0.5) is 0 Å². The Hall–Kier alpha value is -2.65. The van der Waals surface area contributed by atoms with Gasteiger partial charge in [0, 0.05) is 23.5 Å². The van der Waals surface area contributed by atoms with Crippen molar-refractivity contribution in [1.82, 2.24) is 4.98 Å². The molecule has 0 aliphatic carbocycles. The van der Waals surface area contributed by atoms with Gasteiger partial charge in [0.05, 0.1) is 6.61 Å². The van der Waals surface area contributed by atoms with Crippen molar-refractivity contribution in [1.29, 1.82) is 0 Å². The van der Waals surface area contributed by atoms with Gasteiger partial charge in [-0.05, 0) is 23.3 Å². The van der Waals surface area contributed by atoms with E-state index in [9.17, 15) is 5.11 Å². The fraction of sp³-hybridized carbons (Fsp3) is 0.105. The Morgan fingerprint density at radius 1 is 0.864 bits per heavy atom. The van der Waals surface area contributed by atoms with Gasteiger partial charge in [-0.2, -0.15) is 0 Å². The summed E-state index contributed by atoms with van der Waals surface area (Å²) in [6.07, 6.45) is 3.44. The molecule has 0 aliphatic heterocycles. The Bertz CT molecular complexity index is 741. The predicted molar refractivity (Wildman–Crippen MR) is 86.4 cm³/mol. The molecule has 0 fully saturated rings. The van der Waals surface area contributed by atoms with Crippen molar-refractivity contribution < 1.29 is 9.84 Å². The number of rotatable bonds is 5. The fourth-order valence-corrected chi connectivity index (χ4v) is 2.35. The lowest BCUT2D eigenvalue weighted by atomic mass is 10.0. The molecule has 0 aliphatic rings. The summed E-state index contributed by atoms with van der Waals surface area (Å²) >= 11 is 0. The summed E-state index contributed by atoms with van der Waals surface area (Å²) in [7, 11) is 0. The third-order valence-corrected chi connectivity index (χ3v) is 3.50. The zero-order valence-corrected chi connectivity index (χ0v) is 12.1. The molecular weight excluding hydrogens is 274 g/mol. The monoisotopic (exact) mass is 291 g/mol. The van der Waals surface area contributed by atoms with Crippen molar-refractivity contribution in [2.45, 2.75) is 13.2 Å². The van der Waals surface area contributed by atoms with Crippen LogP contribution < -0.4 is 4.74 Å². The van der Waals surface area contributed by atoms with Gasteiger partial charge >= 0.3 is 0 Å². The van der Waals surface area contributed by atoms with E-state index in [0.29, 0.717) is 6.61 Å². The minimum atomic E-state index is -0.0229. The molecule has 1 N–H and O–H groups in total. The highest BCUT2D eigenvalue weighted by atomic mass is 16.5. The Balaban J connectivity index is 1.90. The summed E-state index contributed by atoms with van der Waals surface area (Å²) in [4.78, 5) is 4.16. The van der Waals surface area contributed by atoms with E-state index in [1.807, 2.05) is 60.7 Å². The molecule has 0 saturated heterocycles. The van der Waals surface area contributed by atoms with Crippen LogP contribution in [0.15, 0.2) is 73.1 Å². The van der Waals surface area contributed by atoms with E-state index in [0.717, 1.165) is 28.0 Å². The lowest BCUT2D eigenvalue weighted by molar-refractivity contribution is 0.282. The van der Waals surface area contributed by atoms with Gasteiger partial charge in [-0.1, -0.05) is 48.5 Å². The van der Waals surface area contributed by atoms with Gasteiger partial charge in [0.2, 0.25) is 0 Å². The summed E-state index contributed by atoms with van der Waals surface area (Å²) in [5.41, 5.74) is 3.79. The van der Waals surface area contributed by atoms with Gasteiger partial charge in [0.25, 0.3) is 0 Å². The summed E-state index contributed by atoms with van der Waals surface area (Å²) in [6, 6.07) is 19.7. The molecule has 22 heavy (non-hydrogen) atoms. The molecule has 0 saturated carbocycles. The van der Waals surface area contributed by atoms with Crippen molar-refractivity contribution in [3.05, 3.63) is 84.2 Å². The molecule has 1 heterocycles. The minimum Gasteiger partial charge on any atom is -0.488 e. The molecule has 3 rings (SSSR count). The molecule has 1 aromatic heterocycles. The molecule has 3 heteroatoms. The number of benzene rings is 2. The standard InChI is InChI=1S/C19H17NO2/c21-13-16-10-11-20-12-18(16)17-8-4-5-9-19(17)22-14-15-6-2-1-3-7-15/h1-12,21H,13-14H2. The number of hydrogen-bond donors (Lipinski definition) is 1. The summed E-state index contributed by atoms with van der Waals surface area (Å²) in [6.45, 7) is 0.484. The average Bonchev–Trinajstić information content (AvgIpc) is 2.61. The Morgan fingerprint density at radius 3 is 2.45 bits per heavy atom. The number of nitrogens with zero attached hydrogens (tertiary/aromatic N) is 1. The maximum absolute atomic E-state index is 9.51. The first-order chi connectivity index (χ1) is 10.9. The largest absolute Gasteiger partial charge is 0.488 e. The zero-order valence-electron chi connectivity index (χ0n) is 12.1. The van der Waals surface area contributed by atoms with Crippen molar-refractivity contribution >= 4 is 0 Å². The van der Waals surface area contributed by atoms with E-state index in [1.165, 1.54) is 0 Å². The Labute approximate surface area is 129 Å². The lowest BCUT2D eigenvalue weighted by Gasteiger charge is -2.13. The van der Waals surface area contributed by atoms with Gasteiger partial charge < -0.3 is 9.84 Å². The van der Waals surface area contributed by atoms with Crippen molar-refractivity contribution in [3.63, 3.8) is 0 Å². The second-order valence-electron chi connectivity index (χ2n) is 4.96. The SMILES string of the molecule is OCc1ccncc1-c1ccccc1OCc1ccccc1. The summed E-state index contributed by atoms with van der Waals surface area (Å²) in [5.74, 6) is 0.786. The van der Waals surface area contributed by atoms with Crippen molar-refractivity contribution in [2.24, 2.45) is 0 Å². The van der Waals surface area contributed by atoms with Gasteiger partial charge in [-0.3, -0.25) is 4.98 Å². The van der Waals surface area contributed by atoms with E-state index in [-0.39, 0.29) is 6.61 Å². The molecule has 3 nitrogen and oxygen atoms in total. The van der Waals surface area contributed by atoms with E-state index in [4.69, 9.17) is 4.74 Å². The van der Waals surface area contributed by atoms with Crippen LogP contribution in [-0.4, -0.2) is 10.1 Å². The first kappa shape index (κ1) is 14.3. The molecule has 2 aromatic carbocycles. The van der Waals surface area contributed by atoms with Crippen LogP contribution in [0.5, 0.6) is 5.75 Å². The second-order valence-corrected chi connectivity index (χ2v) is 4.96. The number of ether oxygens (including phenoxy) is 1. The Kier molecular flexibility index (Phi) is 4.47. The van der Waals surface area contributed by atoms with Crippen LogP contribution in [-0.2, 0) is 13.2 Å². The first-order valence-corrected chi connectivity index (χ1v) is 7.18. The first-order valence-electron chi connectivity index (χ1n) is 7.18. The number of aliphatic hydroxyl groups is 1. The molecular formula is C19H17NO2. The molecule has 3 aromatic rings. The third kappa shape index (κ3) is 3.15. The molecule has 0 spiro atoms. The number of pyridine rings is 1. The maximum Gasteiger partial charge on any atom is 0.127 e. The van der Waals surface area contributed by atoms with Gasteiger partial charge in [0.1, 0.15) is 12.4 Å². The molecule has 0 amide bonds. The quantitative estimate of drug-likeness (QED) is 0.777. The lowest BCUT2D eigenvalue weighted by Crippen LogP contribution is -1.98. The van der Waals surface area contributed by atoms with E-state index < -0.39 is 0 Å². The van der Waals surface area contributed by atoms with Crippen molar-refractivity contribution in [3.8, 4) is 16.9 Å². The average molecular weight is 291 g/mol. The normalized spacial score (nSPS) is 10.4. The molecule has 0 unspecified atom stereocenters. The van der Waals surface area contributed by atoms with E-state index in [1.54, 1.807) is 12.4 Å². The minimum absolute atomic E-state index is 0.0229. The Morgan fingerprint density at radius 2 is 1.64 bits per heavy atom. The van der Waals surface area contributed by atoms with Crippen molar-refractivity contribution in [2.75, 3.05) is 0 Å². The van der Waals surface area contributed by atoms with Crippen LogP contribution in [0.3, 0.4) is 0 Å². The molecule has 0 atom stereocenters. The highest BCUT2D eigenvalue weighted by molar-refractivity contribution is 5.72. The fourth-order valence-electron chi connectivity index (χ4n) is 2.35. The van der Waals surface area contributed by atoms with E-state index in [2.05, 4.69) is 4.98 Å². The number of hydrogen-bond acceptors (Lipinski definition) is 3. The number of aliphatic hydroxyl groups excluding tert-OH is 1. The van der Waals surface area contributed by atoms with Crippen LogP contribution >= 0.6 is 0 Å². The van der Waals surface area contributed by atoms with E-state index >= 15 is 0 Å². The topological polar surface area (TPSA) is 42.4 Å². The van der Waals surface area contributed by atoms with Gasteiger partial charge in [-0.25, -0.2) is 0 Å². The summed E-state index contributed by atoms with van der Waals surface area (Å²) < 4.78 is 5.97. The maximum atomic E-state index is 9.51. The number of para-hydroxylation sites is 1. The van der Waals surface area contributed by atoms with Gasteiger partial charge in [0.15, 0.2) is 0 Å². The molecule has 110 valence electrons. The number of aromatic nitrogens is 1. The molecule has 0 bridgehead atoms. The van der Waals surface area contributed by atoms with Crippen LogP contribution in [0, 0.1) is 0 Å². The predicted octanol–water partition coefficient (Wildman–Crippen LogP) is 3.82. The zero-order chi connectivity index (χ0) is 15.2. The van der Waals surface area contributed by atoms with Crippen LogP contribution in [0.25, 0.3) is 11.1 Å². The highest BCUT2D eigenvalue weighted by Crippen LogP contribution is 2.32. The third-order valence-electron chi connectivity index (χ3n) is 3.50. The smallest absolute Gasteiger partial charge is 0.127 e. The van der Waals surface area contributed by atoms with Crippen LogP contribution in [0.2, 0.25) is 0 Å². The van der Waals surface area contributed by atoms with Gasteiger partial charge in [-0.15, -0.1) is 0 Å². The second kappa shape index (κ2) is 6.87.